The number of amidine groups is 2. The van der Waals surface area contributed by atoms with E-state index in [0.29, 0.717) is 21.7 Å². The number of urea groups is 1. The van der Waals surface area contributed by atoms with Gasteiger partial charge in [0, 0.05) is 25.4 Å². The summed E-state index contributed by atoms with van der Waals surface area (Å²) in [6.07, 6.45) is 0. The Kier molecular flexibility index (Phi) is 4.67. The summed E-state index contributed by atoms with van der Waals surface area (Å²) in [5.74, 6) is 1.46. The number of hydrogen-bond acceptors (Lipinski definition) is 7. The quantitative estimate of drug-likeness (QED) is 0.546. The van der Waals surface area contributed by atoms with E-state index in [1.807, 2.05) is 0 Å². The third-order valence-electron chi connectivity index (χ3n) is 3.76. The fourth-order valence-corrected chi connectivity index (χ4v) is 3.46. The highest BCUT2D eigenvalue weighted by molar-refractivity contribution is 8.14. The summed E-state index contributed by atoms with van der Waals surface area (Å²) in [6, 6.07) is -0.178. The molecule has 2 amide bonds. The third-order valence-corrected chi connectivity index (χ3v) is 5.06. The van der Waals surface area contributed by atoms with E-state index in [-0.39, 0.29) is 6.03 Å². The van der Waals surface area contributed by atoms with Crippen LogP contribution in [0.1, 0.15) is 0 Å². The Morgan fingerprint density at radius 3 is 2.82 bits per heavy atom. The molecule has 0 aromatic heterocycles. The van der Waals surface area contributed by atoms with E-state index in [4.69, 9.17) is 17.0 Å². The van der Waals surface area contributed by atoms with Crippen LogP contribution < -0.4 is 0 Å². The summed E-state index contributed by atoms with van der Waals surface area (Å²) in [5, 5.41) is 0.676. The fraction of sp³-hybridized carbons (Fsp3) is 0.615. The number of amides is 2. The Morgan fingerprint density at radius 1 is 1.36 bits per heavy atom. The van der Waals surface area contributed by atoms with E-state index >= 15 is 0 Å². The average molecular weight is 340 g/mol. The van der Waals surface area contributed by atoms with E-state index < -0.39 is 0 Å². The van der Waals surface area contributed by atoms with Crippen LogP contribution in [0, 0.1) is 0 Å². The van der Waals surface area contributed by atoms with E-state index in [1.165, 1.54) is 9.48 Å². The van der Waals surface area contributed by atoms with Gasteiger partial charge in [-0.3, -0.25) is 4.90 Å². The first-order valence-electron chi connectivity index (χ1n) is 7.11. The molecule has 0 bridgehead atoms. The van der Waals surface area contributed by atoms with E-state index in [9.17, 15) is 4.79 Å². The number of aliphatic imine (C=N–C) groups is 2. The molecule has 0 unspecified atom stereocenters. The number of rotatable bonds is 3. The highest BCUT2D eigenvalue weighted by Crippen LogP contribution is 2.17. The molecule has 0 aliphatic carbocycles. The summed E-state index contributed by atoms with van der Waals surface area (Å²) in [5.41, 5.74) is 0.619. The van der Waals surface area contributed by atoms with Gasteiger partial charge in [-0.1, -0.05) is 16.8 Å². The normalized spacial score (nSPS) is 22.9. The van der Waals surface area contributed by atoms with Crippen molar-refractivity contribution in [3.8, 4) is 0 Å². The van der Waals surface area contributed by atoms with Gasteiger partial charge >= 0.3 is 6.03 Å². The zero-order chi connectivity index (χ0) is 15.7. The number of hydrogen-bond donors (Lipinski definition) is 0. The van der Waals surface area contributed by atoms with Crippen LogP contribution in [-0.2, 0) is 4.74 Å². The topological polar surface area (TPSA) is 60.5 Å². The molecule has 0 aromatic rings. The molecule has 118 valence electrons. The average Bonchev–Trinajstić information content (AvgIpc) is 2.96. The van der Waals surface area contributed by atoms with Crippen molar-refractivity contribution in [2.45, 2.75) is 0 Å². The maximum absolute atomic E-state index is 12.0. The molecule has 9 heteroatoms. The summed E-state index contributed by atoms with van der Waals surface area (Å²) in [7, 11) is 3.35. The Bertz CT molecular complexity index is 608. The second-order valence-corrected chi connectivity index (χ2v) is 6.64. The molecule has 0 atom stereocenters. The molecule has 3 aliphatic rings. The van der Waals surface area contributed by atoms with Crippen molar-refractivity contribution in [3.05, 3.63) is 0 Å². The minimum Gasteiger partial charge on any atom is -0.379 e. The third kappa shape index (κ3) is 2.98. The van der Waals surface area contributed by atoms with Crippen molar-refractivity contribution in [1.29, 1.82) is 0 Å². The standard InChI is InChI=1S/C13H18N5O2S2/c1-16-10-9(11(21)17(2)13(16)19)14-12(15-10)22-8-5-18-3-6-20-7-4-18/h3-8H2,1-2H3/q+1. The van der Waals surface area contributed by atoms with E-state index in [0.717, 1.165) is 38.6 Å². The predicted octanol–water partition coefficient (Wildman–Crippen LogP) is 0.296. The zero-order valence-electron chi connectivity index (χ0n) is 12.6. The molecular weight excluding hydrogens is 322 g/mol. The summed E-state index contributed by atoms with van der Waals surface area (Å²) in [4.78, 5) is 25.2. The minimum atomic E-state index is -0.178. The van der Waals surface area contributed by atoms with Gasteiger partial charge in [0.25, 0.3) is 11.0 Å². The van der Waals surface area contributed by atoms with Gasteiger partial charge < -0.3 is 4.74 Å². The van der Waals surface area contributed by atoms with Gasteiger partial charge in [-0.25, -0.2) is 9.69 Å². The molecule has 0 spiro atoms. The Balaban J connectivity index is 1.63. The first kappa shape index (κ1) is 15.7. The van der Waals surface area contributed by atoms with E-state index in [2.05, 4.69) is 14.9 Å². The molecule has 0 saturated carbocycles. The van der Waals surface area contributed by atoms with Gasteiger partial charge in [0.05, 0.1) is 27.3 Å². The number of carbonyl (C=O) groups excluding carboxylic acids is 1. The summed E-state index contributed by atoms with van der Waals surface area (Å²) in [6.45, 7) is 4.54. The molecule has 22 heavy (non-hydrogen) atoms. The van der Waals surface area contributed by atoms with Gasteiger partial charge in [0.2, 0.25) is 0 Å². The number of carbonyl (C=O) groups is 1. The lowest BCUT2D eigenvalue weighted by Crippen LogP contribution is -2.50. The van der Waals surface area contributed by atoms with Crippen molar-refractivity contribution >= 4 is 51.7 Å². The molecular formula is C13H18N5O2S2+. The Labute approximate surface area is 138 Å². The lowest BCUT2D eigenvalue weighted by molar-refractivity contribution is -0.399. The molecule has 0 aromatic carbocycles. The van der Waals surface area contributed by atoms with Crippen LogP contribution in [0.2, 0.25) is 0 Å². The van der Waals surface area contributed by atoms with E-state index in [1.54, 1.807) is 25.9 Å². The number of fused-ring (bicyclic) bond motifs is 1. The molecule has 3 rings (SSSR count). The van der Waals surface area contributed by atoms with Gasteiger partial charge in [-0.05, 0) is 12.2 Å². The number of ether oxygens (including phenoxy) is 1. The summed E-state index contributed by atoms with van der Waals surface area (Å²) >= 11 is 6.88. The van der Waals surface area contributed by atoms with Crippen LogP contribution in [0.25, 0.3) is 0 Å². The number of morpholine rings is 1. The Hall–Kier alpha value is -1.16. The van der Waals surface area contributed by atoms with Gasteiger partial charge in [0.1, 0.15) is 0 Å². The van der Waals surface area contributed by atoms with Crippen LogP contribution >= 0.6 is 24.0 Å². The maximum Gasteiger partial charge on any atom is 0.444 e. The number of thiocarbonyl (C=S) groups is 1. The Morgan fingerprint density at radius 2 is 2.09 bits per heavy atom. The monoisotopic (exact) mass is 340 g/mol. The minimum absolute atomic E-state index is 0.178. The second kappa shape index (κ2) is 6.53. The smallest absolute Gasteiger partial charge is 0.379 e. The highest BCUT2D eigenvalue weighted by Gasteiger charge is 2.41. The van der Waals surface area contributed by atoms with Crippen molar-refractivity contribution < 1.29 is 14.1 Å². The van der Waals surface area contributed by atoms with Gasteiger partial charge in [-0.15, -0.1) is 0 Å². The molecule has 1 saturated heterocycles. The van der Waals surface area contributed by atoms with Gasteiger partial charge in [-0.2, -0.15) is 9.57 Å². The van der Waals surface area contributed by atoms with Crippen LogP contribution in [-0.4, -0.2) is 94.8 Å². The van der Waals surface area contributed by atoms with Crippen molar-refractivity contribution in [2.24, 2.45) is 9.98 Å². The lowest BCUT2D eigenvalue weighted by Gasteiger charge is -2.25. The molecule has 3 heterocycles. The largest absolute Gasteiger partial charge is 0.444 e. The first-order valence-corrected chi connectivity index (χ1v) is 8.50. The van der Waals surface area contributed by atoms with Crippen LogP contribution in [0.5, 0.6) is 0 Å². The molecule has 0 radical (unpaired) electrons. The van der Waals surface area contributed by atoms with Crippen LogP contribution in [0.4, 0.5) is 4.79 Å². The first-order chi connectivity index (χ1) is 10.6. The maximum atomic E-state index is 12.0. The lowest BCUT2D eigenvalue weighted by atomic mass is 10.3. The SMILES string of the molecule is CN1C(=O)[N+](C)=C2N=C(SCCN3CCOCC3)N=C2C1=S. The van der Waals surface area contributed by atoms with Crippen molar-refractivity contribution in [2.75, 3.05) is 52.7 Å². The van der Waals surface area contributed by atoms with Crippen LogP contribution in [0.3, 0.4) is 0 Å². The predicted molar refractivity (Wildman–Crippen MR) is 91.5 cm³/mol. The molecule has 1 fully saturated rings. The van der Waals surface area contributed by atoms with Crippen LogP contribution in [0.15, 0.2) is 9.98 Å². The molecule has 7 nitrogen and oxygen atoms in total. The molecule has 0 N–H and O–H groups in total. The zero-order valence-corrected chi connectivity index (χ0v) is 14.2. The second-order valence-electron chi connectivity index (χ2n) is 5.19. The van der Waals surface area contributed by atoms with Gasteiger partial charge in [0.15, 0.2) is 10.7 Å². The number of thioether (sulfide) groups is 1. The fourth-order valence-electron chi connectivity index (χ4n) is 2.41. The van der Waals surface area contributed by atoms with Crippen molar-refractivity contribution in [3.63, 3.8) is 0 Å². The van der Waals surface area contributed by atoms with Crippen molar-refractivity contribution in [1.82, 2.24) is 9.80 Å². The number of nitrogens with zero attached hydrogens (tertiary/aromatic N) is 5. The highest BCUT2D eigenvalue weighted by atomic mass is 32.2. The summed E-state index contributed by atoms with van der Waals surface area (Å²) < 4.78 is 6.82. The molecule has 3 aliphatic heterocycles.